The lowest BCUT2D eigenvalue weighted by Gasteiger charge is -2.24. The molecular weight excluding hydrogens is 378 g/mol. The van der Waals surface area contributed by atoms with Gasteiger partial charge >= 0.3 is 0 Å². The third kappa shape index (κ3) is 3.87. The SMILES string of the molecule is Cn1cc(-c2ccc(-c3cc4nccnc4c(NC[C@@H]4CNCCO4)n3)cc2)cn1. The second-order valence-corrected chi connectivity index (χ2v) is 7.34. The summed E-state index contributed by atoms with van der Waals surface area (Å²) >= 11 is 0. The quantitative estimate of drug-likeness (QED) is 0.531. The van der Waals surface area contributed by atoms with Gasteiger partial charge in [-0.3, -0.25) is 9.67 Å². The standard InChI is InChI=1S/C22H23N7O/c1-29-14-17(11-27-29)15-2-4-16(5-3-15)19-10-20-21(25-7-6-24-20)22(28-19)26-13-18-12-23-8-9-30-18/h2-7,10-11,14,18,23H,8-9,12-13H2,1H3,(H,26,28)/t18-/m0/s1. The number of pyridine rings is 1. The molecule has 8 heteroatoms. The molecule has 0 spiro atoms. The van der Waals surface area contributed by atoms with E-state index in [1.807, 2.05) is 25.5 Å². The predicted molar refractivity (Wildman–Crippen MR) is 116 cm³/mol. The number of fused-ring (bicyclic) bond motifs is 1. The number of morpholine rings is 1. The number of nitrogens with zero attached hydrogens (tertiary/aromatic N) is 5. The molecule has 4 aromatic rings. The molecule has 1 aliphatic heterocycles. The molecular formula is C22H23N7O. The van der Waals surface area contributed by atoms with Gasteiger partial charge in [0.05, 0.1) is 30.1 Å². The highest BCUT2D eigenvalue weighted by Gasteiger charge is 2.15. The van der Waals surface area contributed by atoms with Crippen LogP contribution in [0.4, 0.5) is 5.82 Å². The molecule has 8 nitrogen and oxygen atoms in total. The Morgan fingerprint density at radius 1 is 1.13 bits per heavy atom. The van der Waals surface area contributed by atoms with E-state index in [1.54, 1.807) is 17.1 Å². The predicted octanol–water partition coefficient (Wildman–Crippen LogP) is 2.49. The second-order valence-electron chi connectivity index (χ2n) is 7.34. The summed E-state index contributed by atoms with van der Waals surface area (Å²) in [5.74, 6) is 0.723. The lowest BCUT2D eigenvalue weighted by atomic mass is 10.0. The fraction of sp³-hybridized carbons (Fsp3) is 0.273. The molecule has 0 amide bonds. The minimum Gasteiger partial charge on any atom is -0.374 e. The van der Waals surface area contributed by atoms with Crippen molar-refractivity contribution in [1.29, 1.82) is 0 Å². The van der Waals surface area contributed by atoms with Crippen LogP contribution in [0.25, 0.3) is 33.4 Å². The van der Waals surface area contributed by atoms with Crippen molar-refractivity contribution in [2.45, 2.75) is 6.10 Å². The van der Waals surface area contributed by atoms with E-state index in [4.69, 9.17) is 9.72 Å². The molecule has 0 radical (unpaired) electrons. The summed E-state index contributed by atoms with van der Waals surface area (Å²) in [7, 11) is 1.92. The summed E-state index contributed by atoms with van der Waals surface area (Å²) in [5.41, 5.74) is 5.65. The highest BCUT2D eigenvalue weighted by molar-refractivity contribution is 5.88. The molecule has 1 fully saturated rings. The van der Waals surface area contributed by atoms with E-state index in [9.17, 15) is 0 Å². The van der Waals surface area contributed by atoms with Crippen molar-refractivity contribution in [1.82, 2.24) is 30.0 Å². The first kappa shape index (κ1) is 18.7. The van der Waals surface area contributed by atoms with E-state index in [0.29, 0.717) is 6.54 Å². The van der Waals surface area contributed by atoms with Crippen molar-refractivity contribution in [2.24, 2.45) is 7.05 Å². The summed E-state index contributed by atoms with van der Waals surface area (Å²) in [4.78, 5) is 13.8. The topological polar surface area (TPSA) is 89.8 Å². The van der Waals surface area contributed by atoms with Gasteiger partial charge in [0, 0.05) is 56.4 Å². The van der Waals surface area contributed by atoms with E-state index in [-0.39, 0.29) is 6.10 Å². The van der Waals surface area contributed by atoms with Crippen LogP contribution in [0.1, 0.15) is 0 Å². The Hall–Kier alpha value is -3.36. The van der Waals surface area contributed by atoms with Gasteiger partial charge in [-0.1, -0.05) is 24.3 Å². The molecule has 3 aromatic heterocycles. The smallest absolute Gasteiger partial charge is 0.154 e. The van der Waals surface area contributed by atoms with Crippen molar-refractivity contribution in [3.8, 4) is 22.4 Å². The Morgan fingerprint density at radius 3 is 2.73 bits per heavy atom. The molecule has 0 saturated carbocycles. The van der Waals surface area contributed by atoms with Crippen LogP contribution in [0.5, 0.6) is 0 Å². The zero-order valence-corrected chi connectivity index (χ0v) is 16.7. The van der Waals surface area contributed by atoms with E-state index >= 15 is 0 Å². The van der Waals surface area contributed by atoms with Crippen molar-refractivity contribution in [3.05, 3.63) is 55.1 Å². The fourth-order valence-electron chi connectivity index (χ4n) is 3.61. The number of anilines is 1. The molecule has 0 aliphatic carbocycles. The van der Waals surface area contributed by atoms with Gasteiger partial charge in [0.15, 0.2) is 5.82 Å². The van der Waals surface area contributed by atoms with Crippen molar-refractivity contribution in [3.63, 3.8) is 0 Å². The average molecular weight is 401 g/mol. The maximum Gasteiger partial charge on any atom is 0.154 e. The zero-order valence-electron chi connectivity index (χ0n) is 16.7. The van der Waals surface area contributed by atoms with E-state index in [1.165, 1.54) is 0 Å². The molecule has 1 atom stereocenters. The van der Waals surface area contributed by atoms with Crippen LogP contribution in [0, 0.1) is 0 Å². The Labute approximate surface area is 174 Å². The van der Waals surface area contributed by atoms with Gasteiger partial charge in [0.1, 0.15) is 5.52 Å². The maximum atomic E-state index is 5.79. The maximum absolute atomic E-state index is 5.79. The summed E-state index contributed by atoms with van der Waals surface area (Å²) in [6.45, 7) is 3.11. The number of rotatable bonds is 5. The third-order valence-corrected chi connectivity index (χ3v) is 5.18. The van der Waals surface area contributed by atoms with Crippen LogP contribution in [-0.2, 0) is 11.8 Å². The highest BCUT2D eigenvalue weighted by Crippen LogP contribution is 2.27. The second kappa shape index (κ2) is 8.17. The Kier molecular flexibility index (Phi) is 5.08. The minimum atomic E-state index is 0.106. The number of aromatic nitrogens is 5. The summed E-state index contributed by atoms with van der Waals surface area (Å²) in [6, 6.07) is 10.3. The molecule has 1 aliphatic rings. The summed E-state index contributed by atoms with van der Waals surface area (Å²) < 4.78 is 7.59. The normalized spacial score (nSPS) is 16.6. The molecule has 1 aromatic carbocycles. The van der Waals surface area contributed by atoms with Crippen LogP contribution >= 0.6 is 0 Å². The molecule has 5 rings (SSSR count). The molecule has 1 saturated heterocycles. The van der Waals surface area contributed by atoms with Gasteiger partial charge in [-0.15, -0.1) is 0 Å². The van der Waals surface area contributed by atoms with Crippen LogP contribution < -0.4 is 10.6 Å². The number of benzene rings is 1. The van der Waals surface area contributed by atoms with Crippen LogP contribution in [-0.4, -0.2) is 57.1 Å². The number of nitrogens with one attached hydrogen (secondary N) is 2. The van der Waals surface area contributed by atoms with E-state index in [2.05, 4.69) is 50.0 Å². The van der Waals surface area contributed by atoms with E-state index < -0.39 is 0 Å². The van der Waals surface area contributed by atoms with Crippen LogP contribution in [0.2, 0.25) is 0 Å². The highest BCUT2D eigenvalue weighted by atomic mass is 16.5. The number of hydrogen-bond donors (Lipinski definition) is 2. The lowest BCUT2D eigenvalue weighted by molar-refractivity contribution is 0.0372. The Morgan fingerprint density at radius 2 is 1.97 bits per heavy atom. The molecule has 2 N–H and O–H groups in total. The molecule has 0 bridgehead atoms. The first-order valence-corrected chi connectivity index (χ1v) is 10.0. The third-order valence-electron chi connectivity index (χ3n) is 5.18. The Balaban J connectivity index is 1.45. The van der Waals surface area contributed by atoms with Gasteiger partial charge in [0.2, 0.25) is 0 Å². The van der Waals surface area contributed by atoms with Crippen molar-refractivity contribution < 1.29 is 4.74 Å². The van der Waals surface area contributed by atoms with Gasteiger partial charge in [-0.2, -0.15) is 5.10 Å². The summed E-state index contributed by atoms with van der Waals surface area (Å²) in [6.07, 6.45) is 7.37. The van der Waals surface area contributed by atoms with Gasteiger partial charge in [-0.25, -0.2) is 9.97 Å². The Bertz CT molecular complexity index is 1150. The van der Waals surface area contributed by atoms with Crippen molar-refractivity contribution in [2.75, 3.05) is 31.6 Å². The molecule has 0 unspecified atom stereocenters. The van der Waals surface area contributed by atoms with Crippen LogP contribution in [0.3, 0.4) is 0 Å². The number of hydrogen-bond acceptors (Lipinski definition) is 7. The largest absolute Gasteiger partial charge is 0.374 e. The zero-order chi connectivity index (χ0) is 20.3. The molecule has 152 valence electrons. The van der Waals surface area contributed by atoms with Crippen LogP contribution in [0.15, 0.2) is 55.1 Å². The van der Waals surface area contributed by atoms with E-state index in [0.717, 1.165) is 58.9 Å². The van der Waals surface area contributed by atoms with Gasteiger partial charge < -0.3 is 15.4 Å². The number of ether oxygens (including phenoxy) is 1. The lowest BCUT2D eigenvalue weighted by Crippen LogP contribution is -2.42. The number of aryl methyl sites for hydroxylation is 1. The molecule has 30 heavy (non-hydrogen) atoms. The van der Waals surface area contributed by atoms with Gasteiger partial charge in [0.25, 0.3) is 0 Å². The summed E-state index contributed by atoms with van der Waals surface area (Å²) in [5, 5.41) is 11.0. The first-order chi connectivity index (χ1) is 14.8. The van der Waals surface area contributed by atoms with Gasteiger partial charge in [-0.05, 0) is 11.6 Å². The average Bonchev–Trinajstić information content (AvgIpc) is 3.24. The monoisotopic (exact) mass is 401 g/mol. The van der Waals surface area contributed by atoms with Crippen molar-refractivity contribution >= 4 is 16.9 Å². The fourth-order valence-corrected chi connectivity index (χ4v) is 3.61. The minimum absolute atomic E-state index is 0.106. The molecule has 4 heterocycles. The first-order valence-electron chi connectivity index (χ1n) is 10.0.